The molecule has 0 saturated heterocycles. The SMILES string of the molecule is CCn1ncnc1CNc1ccccc1I. The summed E-state index contributed by atoms with van der Waals surface area (Å²) in [6, 6.07) is 8.19. The standard InChI is InChI=1S/C11H13IN4/c1-2-16-11(14-8-15-16)7-13-10-6-4-3-5-9(10)12/h3-6,8,13H,2,7H2,1H3. The highest BCUT2D eigenvalue weighted by molar-refractivity contribution is 14.1. The van der Waals surface area contributed by atoms with Crippen molar-refractivity contribution in [2.24, 2.45) is 0 Å². The van der Waals surface area contributed by atoms with Crippen LogP contribution in [0.25, 0.3) is 0 Å². The predicted octanol–water partition coefficient (Wildman–Crippen LogP) is 2.51. The fourth-order valence-corrected chi connectivity index (χ4v) is 2.05. The van der Waals surface area contributed by atoms with Crippen molar-refractivity contribution in [1.82, 2.24) is 14.8 Å². The van der Waals surface area contributed by atoms with Crippen molar-refractivity contribution in [3.8, 4) is 0 Å². The molecule has 2 aromatic rings. The lowest BCUT2D eigenvalue weighted by molar-refractivity contribution is 0.622. The zero-order chi connectivity index (χ0) is 11.4. The molecule has 0 fully saturated rings. The molecule has 84 valence electrons. The fourth-order valence-electron chi connectivity index (χ4n) is 1.47. The summed E-state index contributed by atoms with van der Waals surface area (Å²) in [7, 11) is 0. The van der Waals surface area contributed by atoms with Crippen LogP contribution >= 0.6 is 22.6 Å². The molecular weight excluding hydrogens is 315 g/mol. The number of hydrogen-bond acceptors (Lipinski definition) is 3. The van der Waals surface area contributed by atoms with Gasteiger partial charge in [-0.1, -0.05) is 12.1 Å². The number of hydrogen-bond donors (Lipinski definition) is 1. The van der Waals surface area contributed by atoms with Crippen molar-refractivity contribution in [2.45, 2.75) is 20.0 Å². The Hall–Kier alpha value is -1.11. The summed E-state index contributed by atoms with van der Waals surface area (Å²) >= 11 is 2.31. The van der Waals surface area contributed by atoms with Crippen LogP contribution in [0.5, 0.6) is 0 Å². The van der Waals surface area contributed by atoms with Gasteiger partial charge in [0.2, 0.25) is 0 Å². The fraction of sp³-hybridized carbons (Fsp3) is 0.273. The summed E-state index contributed by atoms with van der Waals surface area (Å²) in [6.07, 6.45) is 1.59. The number of benzene rings is 1. The number of nitrogens with zero attached hydrogens (tertiary/aromatic N) is 3. The lowest BCUT2D eigenvalue weighted by Gasteiger charge is -2.08. The molecule has 1 aromatic heterocycles. The summed E-state index contributed by atoms with van der Waals surface area (Å²) in [5.41, 5.74) is 1.13. The highest BCUT2D eigenvalue weighted by Crippen LogP contribution is 2.17. The van der Waals surface area contributed by atoms with Gasteiger partial charge in [-0.15, -0.1) is 0 Å². The summed E-state index contributed by atoms with van der Waals surface area (Å²) in [5.74, 6) is 0.960. The van der Waals surface area contributed by atoms with Gasteiger partial charge in [0.05, 0.1) is 6.54 Å². The molecule has 0 saturated carbocycles. The summed E-state index contributed by atoms with van der Waals surface area (Å²) < 4.78 is 3.10. The molecule has 0 aliphatic carbocycles. The second kappa shape index (κ2) is 5.29. The average Bonchev–Trinajstić information content (AvgIpc) is 2.75. The number of aromatic nitrogens is 3. The van der Waals surface area contributed by atoms with Gasteiger partial charge in [0.1, 0.15) is 12.2 Å². The van der Waals surface area contributed by atoms with E-state index in [1.54, 1.807) is 6.33 Å². The molecule has 5 heteroatoms. The monoisotopic (exact) mass is 328 g/mol. The number of aryl methyl sites for hydroxylation is 1. The molecule has 0 bridgehead atoms. The molecule has 0 aliphatic heterocycles. The van der Waals surface area contributed by atoms with E-state index in [0.717, 1.165) is 18.1 Å². The van der Waals surface area contributed by atoms with Crippen molar-refractivity contribution < 1.29 is 0 Å². The van der Waals surface area contributed by atoms with E-state index in [9.17, 15) is 0 Å². The van der Waals surface area contributed by atoms with Crippen LogP contribution < -0.4 is 5.32 Å². The molecule has 0 atom stereocenters. The first-order chi connectivity index (χ1) is 7.81. The van der Waals surface area contributed by atoms with Crippen LogP contribution in [0.15, 0.2) is 30.6 Å². The van der Waals surface area contributed by atoms with Crippen molar-refractivity contribution in [3.63, 3.8) is 0 Å². The number of nitrogens with one attached hydrogen (secondary N) is 1. The van der Waals surface area contributed by atoms with Crippen LogP contribution in [0.4, 0.5) is 5.69 Å². The van der Waals surface area contributed by atoms with Gasteiger partial charge in [0, 0.05) is 15.8 Å². The van der Waals surface area contributed by atoms with Crippen molar-refractivity contribution in [3.05, 3.63) is 40.0 Å². The van der Waals surface area contributed by atoms with Crippen LogP contribution in [-0.4, -0.2) is 14.8 Å². The van der Waals surface area contributed by atoms with Crippen LogP contribution in [0.2, 0.25) is 0 Å². The molecule has 1 aromatic carbocycles. The van der Waals surface area contributed by atoms with E-state index >= 15 is 0 Å². The zero-order valence-corrected chi connectivity index (χ0v) is 11.2. The average molecular weight is 328 g/mol. The maximum absolute atomic E-state index is 4.22. The molecule has 0 spiro atoms. The third-order valence-corrected chi connectivity index (χ3v) is 3.25. The highest BCUT2D eigenvalue weighted by Gasteiger charge is 2.03. The number of anilines is 1. The Morgan fingerprint density at radius 1 is 1.38 bits per heavy atom. The minimum absolute atomic E-state index is 0.702. The van der Waals surface area contributed by atoms with Crippen LogP contribution in [0.1, 0.15) is 12.7 Å². The van der Waals surface area contributed by atoms with Gasteiger partial charge in [-0.25, -0.2) is 9.67 Å². The normalized spacial score (nSPS) is 10.4. The maximum atomic E-state index is 4.22. The molecule has 0 radical (unpaired) electrons. The third-order valence-electron chi connectivity index (χ3n) is 2.31. The third kappa shape index (κ3) is 2.52. The molecule has 0 amide bonds. The summed E-state index contributed by atoms with van der Waals surface area (Å²) in [5, 5.41) is 7.49. The lowest BCUT2D eigenvalue weighted by atomic mass is 10.3. The smallest absolute Gasteiger partial charge is 0.146 e. The van der Waals surface area contributed by atoms with E-state index in [4.69, 9.17) is 0 Å². The zero-order valence-electron chi connectivity index (χ0n) is 9.02. The van der Waals surface area contributed by atoms with Crippen LogP contribution in [0.3, 0.4) is 0 Å². The van der Waals surface area contributed by atoms with Crippen LogP contribution in [-0.2, 0) is 13.1 Å². The van der Waals surface area contributed by atoms with Gasteiger partial charge in [-0.3, -0.25) is 0 Å². The first-order valence-electron chi connectivity index (χ1n) is 5.16. The van der Waals surface area contributed by atoms with Crippen LogP contribution in [0, 0.1) is 3.57 Å². The molecule has 16 heavy (non-hydrogen) atoms. The second-order valence-electron chi connectivity index (χ2n) is 3.33. The molecule has 4 nitrogen and oxygen atoms in total. The van der Waals surface area contributed by atoms with Gasteiger partial charge in [-0.05, 0) is 41.6 Å². The largest absolute Gasteiger partial charge is 0.377 e. The van der Waals surface area contributed by atoms with Gasteiger partial charge in [-0.2, -0.15) is 5.10 Å². The van der Waals surface area contributed by atoms with Gasteiger partial charge in [0.25, 0.3) is 0 Å². The number of rotatable bonds is 4. The molecule has 2 rings (SSSR count). The minimum Gasteiger partial charge on any atom is -0.377 e. The van der Waals surface area contributed by atoms with Crippen molar-refractivity contribution in [1.29, 1.82) is 0 Å². The van der Waals surface area contributed by atoms with E-state index in [1.807, 2.05) is 16.8 Å². The van der Waals surface area contributed by atoms with E-state index in [1.165, 1.54) is 3.57 Å². The molecule has 1 N–H and O–H groups in total. The molecular formula is C11H13IN4. The Morgan fingerprint density at radius 2 is 2.19 bits per heavy atom. The lowest BCUT2D eigenvalue weighted by Crippen LogP contribution is -2.09. The highest BCUT2D eigenvalue weighted by atomic mass is 127. The Bertz CT molecular complexity index is 467. The van der Waals surface area contributed by atoms with E-state index in [2.05, 4.69) is 57.0 Å². The van der Waals surface area contributed by atoms with Gasteiger partial charge >= 0.3 is 0 Å². The van der Waals surface area contributed by atoms with Crippen molar-refractivity contribution >= 4 is 28.3 Å². The van der Waals surface area contributed by atoms with Crippen molar-refractivity contribution in [2.75, 3.05) is 5.32 Å². The number of halogens is 1. The van der Waals surface area contributed by atoms with Gasteiger partial charge < -0.3 is 5.32 Å². The minimum atomic E-state index is 0.702. The Labute approximate surface area is 108 Å². The quantitative estimate of drug-likeness (QED) is 0.877. The first-order valence-corrected chi connectivity index (χ1v) is 6.24. The first kappa shape index (κ1) is 11.4. The summed E-state index contributed by atoms with van der Waals surface area (Å²) in [4.78, 5) is 4.22. The number of para-hydroxylation sites is 1. The maximum Gasteiger partial charge on any atom is 0.146 e. The molecule has 0 aliphatic rings. The molecule has 1 heterocycles. The Kier molecular flexibility index (Phi) is 3.76. The van der Waals surface area contributed by atoms with E-state index in [-0.39, 0.29) is 0 Å². The van der Waals surface area contributed by atoms with E-state index < -0.39 is 0 Å². The molecule has 0 unspecified atom stereocenters. The topological polar surface area (TPSA) is 42.7 Å². The van der Waals surface area contributed by atoms with Gasteiger partial charge in [0.15, 0.2) is 0 Å². The summed E-state index contributed by atoms with van der Waals surface area (Å²) in [6.45, 7) is 3.61. The Morgan fingerprint density at radius 3 is 2.94 bits per heavy atom. The van der Waals surface area contributed by atoms with E-state index in [0.29, 0.717) is 6.54 Å². The Balaban J connectivity index is 2.05. The predicted molar refractivity (Wildman–Crippen MR) is 72.2 cm³/mol. The second-order valence-corrected chi connectivity index (χ2v) is 4.49.